The lowest BCUT2D eigenvalue weighted by atomic mass is 9.54. The van der Waals surface area contributed by atoms with Gasteiger partial charge in [-0.1, -0.05) is 33.6 Å². The van der Waals surface area contributed by atoms with Crippen molar-refractivity contribution in [1.82, 2.24) is 15.4 Å². The lowest BCUT2D eigenvalue weighted by Gasteiger charge is -2.33. The monoisotopic (exact) mass is 207 g/mol. The summed E-state index contributed by atoms with van der Waals surface area (Å²) in [5.41, 5.74) is 0.505. The largest absolute Gasteiger partial charge is 0.378 e. The van der Waals surface area contributed by atoms with Crippen LogP contribution in [0.4, 0.5) is 0 Å². The maximum Gasteiger partial charge on any atom is 0.284 e. The van der Waals surface area contributed by atoms with E-state index in [1.807, 2.05) is 0 Å². The highest BCUT2D eigenvalue weighted by molar-refractivity contribution is 6.75. The first-order chi connectivity index (χ1) is 7.20. The molecule has 0 spiro atoms. The molecule has 0 aromatic rings. The normalized spacial score (nSPS) is 17.1. The van der Waals surface area contributed by atoms with Crippen LogP contribution in [0.15, 0.2) is 0 Å². The predicted octanol–water partition coefficient (Wildman–Crippen LogP) is 0.397. The maximum atomic E-state index is 3.47. The Balaban J connectivity index is 2.40. The quantitative estimate of drug-likeness (QED) is 0.551. The Morgan fingerprint density at radius 3 is 2.07 bits per heavy atom. The van der Waals surface area contributed by atoms with Crippen molar-refractivity contribution < 1.29 is 0 Å². The van der Waals surface area contributed by atoms with Crippen LogP contribution in [0.25, 0.3) is 0 Å². The minimum Gasteiger partial charge on any atom is -0.378 e. The molecule has 1 aliphatic rings. The minimum atomic E-state index is 0.495. The first-order valence-electron chi connectivity index (χ1n) is 6.37. The van der Waals surface area contributed by atoms with Crippen LogP contribution in [-0.2, 0) is 0 Å². The van der Waals surface area contributed by atoms with E-state index in [1.54, 1.807) is 0 Å². The van der Waals surface area contributed by atoms with Gasteiger partial charge in [-0.25, -0.2) is 0 Å². The fourth-order valence-corrected chi connectivity index (χ4v) is 2.70. The van der Waals surface area contributed by atoms with E-state index in [1.165, 1.54) is 32.0 Å². The molecule has 1 heterocycles. The molecule has 0 aliphatic carbocycles. The molecule has 1 fully saturated rings. The third kappa shape index (κ3) is 4.62. The van der Waals surface area contributed by atoms with E-state index in [-0.39, 0.29) is 0 Å². The summed E-state index contributed by atoms with van der Waals surface area (Å²) in [5, 5.41) is 10.2. The molecule has 15 heavy (non-hydrogen) atoms. The zero-order chi connectivity index (χ0) is 11.1. The molecule has 0 bridgehead atoms. The third-order valence-electron chi connectivity index (χ3n) is 3.35. The van der Waals surface area contributed by atoms with Crippen LogP contribution in [0.2, 0.25) is 6.32 Å². The average Bonchev–Trinajstić information content (AvgIpc) is 2.19. The molecule has 3 nitrogen and oxygen atoms in total. The fourth-order valence-electron chi connectivity index (χ4n) is 2.70. The molecule has 6 heteroatoms. The molecular formula is C9H24B3N3. The zero-order valence-corrected chi connectivity index (χ0v) is 10.5. The Bertz CT molecular complexity index is 168. The summed E-state index contributed by atoms with van der Waals surface area (Å²) < 4.78 is 0. The van der Waals surface area contributed by atoms with Gasteiger partial charge >= 0.3 is 0 Å². The molecule has 1 saturated heterocycles. The Kier molecular flexibility index (Phi) is 5.79. The van der Waals surface area contributed by atoms with Crippen LogP contribution in [-0.4, -0.2) is 22.1 Å². The third-order valence-corrected chi connectivity index (χ3v) is 3.35. The van der Waals surface area contributed by atoms with Crippen molar-refractivity contribution in [3.63, 3.8) is 0 Å². The molecule has 84 valence electrons. The molecule has 1 rings (SSSR count). The van der Waals surface area contributed by atoms with Gasteiger partial charge in [-0.05, 0) is 24.6 Å². The summed E-state index contributed by atoms with van der Waals surface area (Å²) >= 11 is 0. The summed E-state index contributed by atoms with van der Waals surface area (Å²) in [6, 6.07) is 0. The Hall–Kier alpha value is 0.0748. The van der Waals surface area contributed by atoms with E-state index < -0.39 is 0 Å². The van der Waals surface area contributed by atoms with Crippen molar-refractivity contribution in [1.29, 1.82) is 0 Å². The zero-order valence-electron chi connectivity index (χ0n) is 10.5. The number of hydrogen-bond donors (Lipinski definition) is 3. The van der Waals surface area contributed by atoms with Crippen LogP contribution in [0, 0.1) is 5.41 Å². The fraction of sp³-hybridized carbons (Fsp3) is 1.00. The molecule has 0 unspecified atom stereocenters. The standard InChI is InChI=1S/C9H24B3N3/c1-4-6-9(3,7-5-2)8-12-14-10-13-11-15-12/h10-11,13-15H,4-8H2,1-3H3. The Morgan fingerprint density at radius 2 is 1.60 bits per heavy atom. The van der Waals surface area contributed by atoms with Crippen molar-refractivity contribution in [2.45, 2.75) is 52.8 Å². The SMILES string of the molecule is CCCC(C)(CCC)CB1NBNBN1. The topological polar surface area (TPSA) is 36.1 Å². The second-order valence-corrected chi connectivity index (χ2v) is 5.08. The predicted molar refractivity (Wildman–Crippen MR) is 72.2 cm³/mol. The molecule has 1 aliphatic heterocycles. The molecule has 0 saturated carbocycles. The van der Waals surface area contributed by atoms with Gasteiger partial charge in [-0.3, -0.25) is 0 Å². The van der Waals surface area contributed by atoms with Crippen molar-refractivity contribution in [3.8, 4) is 0 Å². The minimum absolute atomic E-state index is 0.495. The number of nitrogens with one attached hydrogen (secondary N) is 3. The van der Waals surface area contributed by atoms with Crippen LogP contribution in [0.5, 0.6) is 0 Å². The van der Waals surface area contributed by atoms with E-state index in [9.17, 15) is 0 Å². The van der Waals surface area contributed by atoms with E-state index in [2.05, 4.69) is 36.2 Å². The van der Waals surface area contributed by atoms with Crippen LogP contribution >= 0.6 is 0 Å². The van der Waals surface area contributed by atoms with Crippen molar-refractivity contribution in [3.05, 3.63) is 0 Å². The van der Waals surface area contributed by atoms with Crippen LogP contribution in [0.1, 0.15) is 46.5 Å². The molecule has 0 amide bonds. The lowest BCUT2D eigenvalue weighted by molar-refractivity contribution is 0.297. The van der Waals surface area contributed by atoms with Gasteiger partial charge in [0.15, 0.2) is 0 Å². The summed E-state index contributed by atoms with van der Waals surface area (Å²) in [6.45, 7) is 7.51. The van der Waals surface area contributed by atoms with Gasteiger partial charge in [0.1, 0.15) is 0 Å². The smallest absolute Gasteiger partial charge is 0.284 e. The summed E-state index contributed by atoms with van der Waals surface area (Å²) in [5.74, 6) is 0. The van der Waals surface area contributed by atoms with Crippen molar-refractivity contribution in [2.24, 2.45) is 5.41 Å². The summed E-state index contributed by atoms with van der Waals surface area (Å²) in [7, 11) is 1.87. The summed E-state index contributed by atoms with van der Waals surface area (Å²) in [6.07, 6.45) is 6.52. The van der Waals surface area contributed by atoms with E-state index in [0.29, 0.717) is 12.4 Å². The van der Waals surface area contributed by atoms with E-state index in [0.717, 1.165) is 15.1 Å². The molecule has 0 atom stereocenters. The average molecular weight is 207 g/mol. The van der Waals surface area contributed by atoms with Gasteiger partial charge in [0.2, 0.25) is 0 Å². The molecule has 3 N–H and O–H groups in total. The first-order valence-corrected chi connectivity index (χ1v) is 6.37. The second-order valence-electron chi connectivity index (χ2n) is 5.08. The van der Waals surface area contributed by atoms with Crippen LogP contribution in [0.3, 0.4) is 0 Å². The van der Waals surface area contributed by atoms with Crippen molar-refractivity contribution in [2.75, 3.05) is 0 Å². The first kappa shape index (κ1) is 13.1. The van der Waals surface area contributed by atoms with Crippen LogP contribution < -0.4 is 15.4 Å². The van der Waals surface area contributed by atoms with Gasteiger partial charge < -0.3 is 15.4 Å². The van der Waals surface area contributed by atoms with Gasteiger partial charge in [0.05, 0.1) is 0 Å². The second kappa shape index (κ2) is 6.61. The lowest BCUT2D eigenvalue weighted by Crippen LogP contribution is -2.64. The number of hydrogen-bond acceptors (Lipinski definition) is 3. The van der Waals surface area contributed by atoms with Gasteiger partial charge in [-0.15, -0.1) is 0 Å². The molecule has 0 radical (unpaired) electrons. The molecular weight excluding hydrogens is 183 g/mol. The molecule has 0 aromatic heterocycles. The highest BCUT2D eigenvalue weighted by Crippen LogP contribution is 2.34. The highest BCUT2D eigenvalue weighted by Gasteiger charge is 2.30. The highest BCUT2D eigenvalue weighted by atomic mass is 15.0. The van der Waals surface area contributed by atoms with Gasteiger partial charge in [0.25, 0.3) is 22.1 Å². The molecule has 0 aromatic carbocycles. The van der Waals surface area contributed by atoms with Gasteiger partial charge in [-0.2, -0.15) is 0 Å². The Morgan fingerprint density at radius 1 is 1.07 bits per heavy atom. The van der Waals surface area contributed by atoms with E-state index >= 15 is 0 Å². The maximum absolute atomic E-state index is 3.47. The van der Waals surface area contributed by atoms with E-state index in [4.69, 9.17) is 0 Å². The number of rotatable bonds is 6. The Labute approximate surface area is 96.2 Å². The van der Waals surface area contributed by atoms with Crippen molar-refractivity contribution >= 4 is 22.1 Å². The summed E-state index contributed by atoms with van der Waals surface area (Å²) in [4.78, 5) is 0. The van der Waals surface area contributed by atoms with Gasteiger partial charge in [0, 0.05) is 0 Å².